The predicted molar refractivity (Wildman–Crippen MR) is 109 cm³/mol. The third kappa shape index (κ3) is 5.34. The summed E-state index contributed by atoms with van der Waals surface area (Å²) in [6.45, 7) is 8.76. The maximum Gasteiger partial charge on any atom is 0.277 e. The van der Waals surface area contributed by atoms with Gasteiger partial charge in [-0.1, -0.05) is 64.4 Å². The van der Waals surface area contributed by atoms with E-state index in [1.54, 1.807) is 0 Å². The molecule has 0 saturated heterocycles. The first-order valence-corrected chi connectivity index (χ1v) is 10.7. The van der Waals surface area contributed by atoms with E-state index in [9.17, 15) is 4.79 Å². The lowest BCUT2D eigenvalue weighted by atomic mass is 9.86. The molecule has 2 atom stereocenters. The van der Waals surface area contributed by atoms with Crippen molar-refractivity contribution in [1.29, 1.82) is 0 Å². The van der Waals surface area contributed by atoms with Gasteiger partial charge in [-0.25, -0.2) is 0 Å². The fourth-order valence-electron chi connectivity index (χ4n) is 3.40. The molecule has 1 aliphatic carbocycles. The van der Waals surface area contributed by atoms with E-state index in [2.05, 4.69) is 55.3 Å². The van der Waals surface area contributed by atoms with E-state index in [0.29, 0.717) is 28.8 Å². The van der Waals surface area contributed by atoms with Crippen molar-refractivity contribution < 1.29 is 9.21 Å². The minimum Gasteiger partial charge on any atom is -0.411 e. The van der Waals surface area contributed by atoms with Gasteiger partial charge in [0.1, 0.15) is 0 Å². The van der Waals surface area contributed by atoms with Crippen LogP contribution in [0.3, 0.4) is 0 Å². The number of thioether (sulfide) groups is 1. The van der Waals surface area contributed by atoms with E-state index in [4.69, 9.17) is 4.42 Å². The fourth-order valence-corrected chi connectivity index (χ4v) is 3.98. The van der Waals surface area contributed by atoms with Gasteiger partial charge in [-0.2, -0.15) is 0 Å². The van der Waals surface area contributed by atoms with Gasteiger partial charge in [0.2, 0.25) is 11.8 Å². The van der Waals surface area contributed by atoms with Crippen LogP contribution in [-0.4, -0.2) is 27.9 Å². The number of nitrogens with one attached hydrogen (secondary N) is 1. The van der Waals surface area contributed by atoms with Crippen molar-refractivity contribution in [2.75, 3.05) is 5.75 Å². The number of hydrogen-bond acceptors (Lipinski definition) is 5. The van der Waals surface area contributed by atoms with Gasteiger partial charge in [0.25, 0.3) is 5.22 Å². The second-order valence-electron chi connectivity index (χ2n) is 8.42. The summed E-state index contributed by atoms with van der Waals surface area (Å²) in [6.07, 6.45) is 4.74. The van der Waals surface area contributed by atoms with E-state index < -0.39 is 0 Å². The summed E-state index contributed by atoms with van der Waals surface area (Å²) in [7, 11) is 0. The molecule has 1 aromatic heterocycles. The highest BCUT2D eigenvalue weighted by Crippen LogP contribution is 2.27. The van der Waals surface area contributed by atoms with Crippen LogP contribution in [0.15, 0.2) is 33.9 Å². The van der Waals surface area contributed by atoms with Crippen molar-refractivity contribution in [3.63, 3.8) is 0 Å². The maximum absolute atomic E-state index is 12.2. The summed E-state index contributed by atoms with van der Waals surface area (Å²) in [5, 5.41) is 11.8. The monoisotopic (exact) mass is 387 g/mol. The zero-order valence-electron chi connectivity index (χ0n) is 16.6. The second-order valence-corrected chi connectivity index (χ2v) is 9.35. The van der Waals surface area contributed by atoms with E-state index in [1.165, 1.54) is 36.6 Å². The van der Waals surface area contributed by atoms with Crippen LogP contribution in [0.2, 0.25) is 0 Å². The molecule has 5 nitrogen and oxygen atoms in total. The van der Waals surface area contributed by atoms with Crippen LogP contribution in [0.4, 0.5) is 0 Å². The fraction of sp³-hybridized carbons (Fsp3) is 0.571. The highest BCUT2D eigenvalue weighted by atomic mass is 32.2. The van der Waals surface area contributed by atoms with Gasteiger partial charge in [-0.3, -0.25) is 4.79 Å². The molecule has 146 valence electrons. The number of aromatic nitrogens is 2. The molecule has 1 amide bonds. The molecular weight excluding hydrogens is 358 g/mol. The highest BCUT2D eigenvalue weighted by Gasteiger charge is 2.23. The normalized spacial score (nSPS) is 20.4. The molecule has 27 heavy (non-hydrogen) atoms. The average Bonchev–Trinajstić information content (AvgIpc) is 3.10. The summed E-state index contributed by atoms with van der Waals surface area (Å²) in [5.74, 6) is 1.37. The van der Waals surface area contributed by atoms with Gasteiger partial charge in [0.05, 0.1) is 5.75 Å². The van der Waals surface area contributed by atoms with Crippen molar-refractivity contribution in [3.05, 3.63) is 29.8 Å². The van der Waals surface area contributed by atoms with Crippen molar-refractivity contribution in [2.24, 2.45) is 5.92 Å². The van der Waals surface area contributed by atoms with Crippen LogP contribution in [0.5, 0.6) is 0 Å². The first kappa shape index (κ1) is 19.9. The SMILES string of the molecule is C[C@@H]1CCCC[C@@H]1NC(=O)CSc1nnc(-c2ccc(C(C)(C)C)cc2)o1. The van der Waals surface area contributed by atoms with E-state index in [-0.39, 0.29) is 11.3 Å². The summed E-state index contributed by atoms with van der Waals surface area (Å²) in [5.41, 5.74) is 2.26. The van der Waals surface area contributed by atoms with Crippen molar-refractivity contribution in [1.82, 2.24) is 15.5 Å². The number of carbonyl (C=O) groups excluding carboxylic acids is 1. The Morgan fingerprint density at radius 3 is 2.56 bits per heavy atom. The topological polar surface area (TPSA) is 68.0 Å². The van der Waals surface area contributed by atoms with Crippen LogP contribution in [0.1, 0.15) is 58.9 Å². The number of amides is 1. The predicted octanol–water partition coefficient (Wildman–Crippen LogP) is 4.82. The van der Waals surface area contributed by atoms with E-state index in [0.717, 1.165) is 12.0 Å². The zero-order chi connectivity index (χ0) is 19.4. The highest BCUT2D eigenvalue weighted by molar-refractivity contribution is 7.99. The number of hydrogen-bond donors (Lipinski definition) is 1. The van der Waals surface area contributed by atoms with Gasteiger partial charge < -0.3 is 9.73 Å². The molecule has 0 bridgehead atoms. The van der Waals surface area contributed by atoms with E-state index in [1.807, 2.05) is 12.1 Å². The van der Waals surface area contributed by atoms with Gasteiger partial charge in [0.15, 0.2) is 0 Å². The van der Waals surface area contributed by atoms with Gasteiger partial charge in [-0.15, -0.1) is 10.2 Å². The molecule has 0 spiro atoms. The summed E-state index contributed by atoms with van der Waals surface area (Å²) < 4.78 is 5.72. The molecule has 6 heteroatoms. The van der Waals surface area contributed by atoms with Crippen LogP contribution < -0.4 is 5.32 Å². The van der Waals surface area contributed by atoms with Crippen LogP contribution in [-0.2, 0) is 10.2 Å². The molecule has 1 aliphatic rings. The molecule has 0 aliphatic heterocycles. The molecule has 3 rings (SSSR count). The third-order valence-electron chi connectivity index (χ3n) is 5.19. The molecule has 1 heterocycles. The molecule has 2 aromatic rings. The summed E-state index contributed by atoms with van der Waals surface area (Å²) >= 11 is 1.29. The Balaban J connectivity index is 1.54. The Kier molecular flexibility index (Phi) is 6.25. The van der Waals surface area contributed by atoms with Gasteiger partial charge in [-0.05, 0) is 41.9 Å². The van der Waals surface area contributed by atoms with Crippen molar-refractivity contribution in [3.8, 4) is 11.5 Å². The third-order valence-corrected chi connectivity index (χ3v) is 6.01. The largest absolute Gasteiger partial charge is 0.411 e. The minimum atomic E-state index is 0.0352. The summed E-state index contributed by atoms with van der Waals surface area (Å²) in [4.78, 5) is 12.2. The smallest absolute Gasteiger partial charge is 0.277 e. The number of nitrogens with zero attached hydrogens (tertiary/aromatic N) is 2. The van der Waals surface area contributed by atoms with Gasteiger partial charge in [0, 0.05) is 11.6 Å². The molecule has 1 fully saturated rings. The average molecular weight is 388 g/mol. The Labute approximate surface area is 165 Å². The summed E-state index contributed by atoms with van der Waals surface area (Å²) in [6, 6.07) is 8.47. The molecular formula is C21H29N3O2S. The Morgan fingerprint density at radius 1 is 1.19 bits per heavy atom. The van der Waals surface area contributed by atoms with Crippen LogP contribution in [0, 0.1) is 5.92 Å². The van der Waals surface area contributed by atoms with Crippen LogP contribution in [0.25, 0.3) is 11.5 Å². The lowest BCUT2D eigenvalue weighted by Crippen LogP contribution is -2.41. The second kappa shape index (κ2) is 8.46. The first-order chi connectivity index (χ1) is 12.8. The molecule has 1 aromatic carbocycles. The Bertz CT molecular complexity index is 764. The van der Waals surface area contributed by atoms with Crippen molar-refractivity contribution in [2.45, 2.75) is 70.1 Å². The molecule has 1 saturated carbocycles. The Morgan fingerprint density at radius 2 is 1.89 bits per heavy atom. The standard InChI is InChI=1S/C21H29N3O2S/c1-14-7-5-6-8-17(14)22-18(25)13-27-20-24-23-19(26-20)15-9-11-16(12-10-15)21(2,3)4/h9-12,14,17H,5-8,13H2,1-4H3,(H,22,25)/t14-,17+/m1/s1. The molecule has 1 N–H and O–H groups in total. The van der Waals surface area contributed by atoms with Gasteiger partial charge >= 0.3 is 0 Å². The number of rotatable bonds is 5. The minimum absolute atomic E-state index is 0.0352. The van der Waals surface area contributed by atoms with E-state index >= 15 is 0 Å². The Hall–Kier alpha value is -1.82. The number of benzene rings is 1. The molecule has 0 radical (unpaired) electrons. The lowest BCUT2D eigenvalue weighted by molar-refractivity contribution is -0.119. The van der Waals surface area contributed by atoms with Crippen molar-refractivity contribution >= 4 is 17.7 Å². The zero-order valence-corrected chi connectivity index (χ0v) is 17.4. The number of carbonyl (C=O) groups is 1. The lowest BCUT2D eigenvalue weighted by Gasteiger charge is -2.29. The quantitative estimate of drug-likeness (QED) is 0.745. The molecule has 0 unspecified atom stereocenters. The maximum atomic E-state index is 12.2. The van der Waals surface area contributed by atoms with Crippen LogP contribution >= 0.6 is 11.8 Å². The first-order valence-electron chi connectivity index (χ1n) is 9.69.